The van der Waals surface area contributed by atoms with Gasteiger partial charge < -0.3 is 10.1 Å². The maximum Gasteiger partial charge on any atom is 0.148 e. The molecule has 0 bridgehead atoms. The summed E-state index contributed by atoms with van der Waals surface area (Å²) in [7, 11) is 0. The van der Waals surface area contributed by atoms with Crippen molar-refractivity contribution in [1.29, 1.82) is 0 Å². The van der Waals surface area contributed by atoms with Crippen LogP contribution in [0.5, 0.6) is 11.5 Å². The van der Waals surface area contributed by atoms with Crippen molar-refractivity contribution in [3.8, 4) is 11.5 Å². The summed E-state index contributed by atoms with van der Waals surface area (Å²) >= 11 is 3.32. The summed E-state index contributed by atoms with van der Waals surface area (Å²) in [4.78, 5) is 1.69. The lowest BCUT2D eigenvalue weighted by molar-refractivity contribution is 0.439. The van der Waals surface area contributed by atoms with Crippen molar-refractivity contribution in [2.75, 3.05) is 6.54 Å². The number of nitrogens with one attached hydrogen (secondary N) is 1. The SMILES string of the molecule is CCCC(NCCn1ncc(Br)n1)c1ccc(Oc2ccccc2)cc1. The average molecular weight is 415 g/mol. The lowest BCUT2D eigenvalue weighted by Gasteiger charge is -2.19. The molecule has 136 valence electrons. The molecule has 0 saturated heterocycles. The quantitative estimate of drug-likeness (QED) is 0.537. The molecule has 0 aliphatic heterocycles. The first-order chi connectivity index (χ1) is 12.7. The molecule has 0 aliphatic carbocycles. The summed E-state index contributed by atoms with van der Waals surface area (Å²) < 4.78 is 6.63. The van der Waals surface area contributed by atoms with Gasteiger partial charge in [0.25, 0.3) is 0 Å². The summed E-state index contributed by atoms with van der Waals surface area (Å²) in [6, 6.07) is 18.5. The van der Waals surface area contributed by atoms with Gasteiger partial charge in [-0.2, -0.15) is 9.90 Å². The van der Waals surface area contributed by atoms with E-state index in [2.05, 4.69) is 50.5 Å². The summed E-state index contributed by atoms with van der Waals surface area (Å²) in [5, 5.41) is 12.0. The van der Waals surface area contributed by atoms with Gasteiger partial charge in [0.1, 0.15) is 16.1 Å². The van der Waals surface area contributed by atoms with Crippen LogP contribution in [0, 0.1) is 0 Å². The summed E-state index contributed by atoms with van der Waals surface area (Å²) in [6.07, 6.45) is 3.90. The van der Waals surface area contributed by atoms with Gasteiger partial charge in [-0.05, 0) is 52.2 Å². The molecule has 0 radical (unpaired) electrons. The molecule has 0 saturated carbocycles. The summed E-state index contributed by atoms with van der Waals surface area (Å²) in [6.45, 7) is 3.75. The minimum absolute atomic E-state index is 0.310. The van der Waals surface area contributed by atoms with E-state index in [0.29, 0.717) is 6.04 Å². The number of para-hydroxylation sites is 1. The van der Waals surface area contributed by atoms with Crippen molar-refractivity contribution >= 4 is 15.9 Å². The molecular weight excluding hydrogens is 392 g/mol. The lowest BCUT2D eigenvalue weighted by Crippen LogP contribution is -2.26. The molecule has 0 spiro atoms. The topological polar surface area (TPSA) is 52.0 Å². The number of hydrogen-bond acceptors (Lipinski definition) is 4. The molecular formula is C20H23BrN4O. The van der Waals surface area contributed by atoms with Gasteiger partial charge in [-0.1, -0.05) is 43.7 Å². The van der Waals surface area contributed by atoms with Gasteiger partial charge in [0.15, 0.2) is 0 Å². The van der Waals surface area contributed by atoms with Crippen LogP contribution in [-0.2, 0) is 6.54 Å². The first kappa shape index (κ1) is 18.6. The molecule has 5 nitrogen and oxygen atoms in total. The molecule has 6 heteroatoms. The van der Waals surface area contributed by atoms with E-state index in [9.17, 15) is 0 Å². The third-order valence-electron chi connectivity index (χ3n) is 4.05. The first-order valence-corrected chi connectivity index (χ1v) is 9.66. The Morgan fingerprint density at radius 2 is 1.81 bits per heavy atom. The Balaban J connectivity index is 1.58. The van der Waals surface area contributed by atoms with Gasteiger partial charge in [-0.25, -0.2) is 0 Å². The molecule has 0 aliphatic rings. The lowest BCUT2D eigenvalue weighted by atomic mass is 10.0. The van der Waals surface area contributed by atoms with Crippen LogP contribution in [0.3, 0.4) is 0 Å². The highest BCUT2D eigenvalue weighted by atomic mass is 79.9. The van der Waals surface area contributed by atoms with Crippen LogP contribution in [0.25, 0.3) is 0 Å². The molecule has 0 fully saturated rings. The highest BCUT2D eigenvalue weighted by Crippen LogP contribution is 2.25. The number of benzene rings is 2. The van der Waals surface area contributed by atoms with Crippen LogP contribution in [0.1, 0.15) is 31.4 Å². The maximum absolute atomic E-state index is 5.87. The van der Waals surface area contributed by atoms with Crippen LogP contribution in [0.2, 0.25) is 0 Å². The van der Waals surface area contributed by atoms with Crippen molar-refractivity contribution in [3.05, 3.63) is 71.0 Å². The van der Waals surface area contributed by atoms with Gasteiger partial charge in [-0.15, -0.1) is 5.10 Å². The Hall–Kier alpha value is -2.18. The highest BCUT2D eigenvalue weighted by molar-refractivity contribution is 9.10. The van der Waals surface area contributed by atoms with Gasteiger partial charge >= 0.3 is 0 Å². The van der Waals surface area contributed by atoms with Crippen molar-refractivity contribution in [1.82, 2.24) is 20.3 Å². The molecule has 26 heavy (non-hydrogen) atoms. The van der Waals surface area contributed by atoms with Crippen molar-refractivity contribution < 1.29 is 4.74 Å². The number of hydrogen-bond donors (Lipinski definition) is 1. The number of ether oxygens (including phenoxy) is 1. The minimum Gasteiger partial charge on any atom is -0.457 e. The minimum atomic E-state index is 0.310. The predicted molar refractivity (Wildman–Crippen MR) is 106 cm³/mol. The Bertz CT molecular complexity index is 789. The van der Waals surface area contributed by atoms with Gasteiger partial charge in [0, 0.05) is 12.6 Å². The van der Waals surface area contributed by atoms with Crippen LogP contribution < -0.4 is 10.1 Å². The van der Waals surface area contributed by atoms with Crippen LogP contribution in [-0.4, -0.2) is 21.5 Å². The number of nitrogens with zero attached hydrogens (tertiary/aromatic N) is 3. The normalized spacial score (nSPS) is 12.1. The second-order valence-electron chi connectivity index (χ2n) is 6.04. The number of aromatic nitrogens is 3. The standard InChI is InChI=1S/C20H23BrN4O/c1-2-6-19(22-13-14-25-23-15-20(21)24-25)16-9-11-18(12-10-16)26-17-7-4-3-5-8-17/h3-5,7-12,15,19,22H,2,6,13-14H2,1H3. The highest BCUT2D eigenvalue weighted by Gasteiger charge is 2.10. The van der Waals surface area contributed by atoms with E-state index in [1.165, 1.54) is 5.56 Å². The van der Waals surface area contributed by atoms with Crippen molar-refractivity contribution in [3.63, 3.8) is 0 Å². The average Bonchev–Trinajstić information content (AvgIpc) is 3.08. The monoisotopic (exact) mass is 414 g/mol. The molecule has 2 aromatic carbocycles. The molecule has 1 atom stereocenters. The molecule has 3 aromatic rings. The molecule has 1 unspecified atom stereocenters. The second kappa shape index (κ2) is 9.50. The van der Waals surface area contributed by atoms with E-state index in [4.69, 9.17) is 4.74 Å². The predicted octanol–water partition coefficient (Wildman–Crippen LogP) is 4.96. The Morgan fingerprint density at radius 3 is 2.46 bits per heavy atom. The van der Waals surface area contributed by atoms with Gasteiger partial charge in [0.05, 0.1) is 12.7 Å². The van der Waals surface area contributed by atoms with E-state index in [-0.39, 0.29) is 0 Å². The van der Waals surface area contributed by atoms with Gasteiger partial charge in [-0.3, -0.25) is 0 Å². The van der Waals surface area contributed by atoms with Gasteiger partial charge in [0.2, 0.25) is 0 Å². The zero-order valence-corrected chi connectivity index (χ0v) is 16.4. The van der Waals surface area contributed by atoms with Crippen LogP contribution in [0.4, 0.5) is 0 Å². The molecule has 3 rings (SSSR count). The third-order valence-corrected chi connectivity index (χ3v) is 4.41. The number of rotatable bonds is 9. The zero-order chi connectivity index (χ0) is 18.2. The first-order valence-electron chi connectivity index (χ1n) is 8.86. The molecule has 0 amide bonds. The van der Waals surface area contributed by atoms with E-state index >= 15 is 0 Å². The largest absolute Gasteiger partial charge is 0.457 e. The van der Waals surface area contributed by atoms with Crippen LogP contribution >= 0.6 is 15.9 Å². The second-order valence-corrected chi connectivity index (χ2v) is 6.86. The Morgan fingerprint density at radius 1 is 1.08 bits per heavy atom. The fraction of sp³-hybridized carbons (Fsp3) is 0.300. The van der Waals surface area contributed by atoms with Crippen LogP contribution in [0.15, 0.2) is 65.4 Å². The maximum atomic E-state index is 5.87. The summed E-state index contributed by atoms with van der Waals surface area (Å²) in [5.74, 6) is 1.70. The number of halogens is 1. The Labute approximate surface area is 162 Å². The van der Waals surface area contributed by atoms with E-state index < -0.39 is 0 Å². The van der Waals surface area contributed by atoms with Crippen molar-refractivity contribution in [2.24, 2.45) is 0 Å². The van der Waals surface area contributed by atoms with E-state index in [0.717, 1.165) is 42.0 Å². The zero-order valence-electron chi connectivity index (χ0n) is 14.8. The fourth-order valence-electron chi connectivity index (χ4n) is 2.79. The van der Waals surface area contributed by atoms with E-state index in [1.54, 1.807) is 11.0 Å². The Kier molecular flexibility index (Phi) is 6.80. The smallest absolute Gasteiger partial charge is 0.148 e. The van der Waals surface area contributed by atoms with E-state index in [1.807, 2.05) is 42.5 Å². The summed E-state index contributed by atoms with van der Waals surface area (Å²) in [5.41, 5.74) is 1.27. The molecule has 1 heterocycles. The van der Waals surface area contributed by atoms with Crippen molar-refractivity contribution in [2.45, 2.75) is 32.4 Å². The third kappa shape index (κ3) is 5.41. The molecule has 1 aromatic heterocycles. The molecule has 1 N–H and O–H groups in total. The fourth-order valence-corrected chi connectivity index (χ4v) is 3.07.